The molecule has 0 aromatic heterocycles. The van der Waals surface area contributed by atoms with E-state index in [-0.39, 0.29) is 0 Å². The predicted molar refractivity (Wildman–Crippen MR) is 59.8 cm³/mol. The maximum atomic E-state index is 5.20. The minimum Gasteiger partial charge on any atom is -0.506 e. The molecule has 0 fully saturated rings. The summed E-state index contributed by atoms with van der Waals surface area (Å²) < 4.78 is 15.1. The van der Waals surface area contributed by atoms with Crippen molar-refractivity contribution in [2.24, 2.45) is 0 Å². The van der Waals surface area contributed by atoms with Gasteiger partial charge in [0.15, 0.2) is 0 Å². The van der Waals surface area contributed by atoms with Crippen molar-refractivity contribution in [1.29, 1.82) is 0 Å². The maximum absolute atomic E-state index is 5.20. The summed E-state index contributed by atoms with van der Waals surface area (Å²) in [6.07, 6.45) is 2.20. The van der Waals surface area contributed by atoms with Crippen molar-refractivity contribution in [2.45, 2.75) is 33.6 Å². The van der Waals surface area contributed by atoms with Crippen LogP contribution in [0.3, 0.4) is 0 Å². The molecule has 0 saturated heterocycles. The predicted octanol–water partition coefficient (Wildman–Crippen LogP) is 0.677. The molecule has 3 nitrogen and oxygen atoms in total. The molecule has 78 valence electrons. The third-order valence-corrected chi connectivity index (χ3v) is 2.64. The average molecular weight is 220 g/mol. The van der Waals surface area contributed by atoms with Gasteiger partial charge in [0, 0.05) is 19.8 Å². The van der Waals surface area contributed by atoms with Crippen LogP contribution in [0.1, 0.15) is 33.6 Å². The first-order chi connectivity index (χ1) is 6.33. The highest BCUT2D eigenvalue weighted by Gasteiger charge is 1.92. The van der Waals surface area contributed by atoms with Crippen molar-refractivity contribution < 1.29 is 11.4 Å². The maximum Gasteiger partial charge on any atom is 0.649 e. The SMILES string of the molecule is CCC[O][AlH][O]CCC.CC[O][AlH2]. The third kappa shape index (κ3) is 24.6. The van der Waals surface area contributed by atoms with Crippen LogP contribution >= 0.6 is 0 Å². The second-order valence-corrected chi connectivity index (χ2v) is 4.14. The fourth-order valence-corrected chi connectivity index (χ4v) is 1.40. The summed E-state index contributed by atoms with van der Waals surface area (Å²) in [5.74, 6) is 0. The Kier molecular flexibility index (Phi) is 23.5. The highest BCUT2D eigenvalue weighted by atomic mass is 27.2. The van der Waals surface area contributed by atoms with Gasteiger partial charge in [0.1, 0.15) is 0 Å². The molecule has 0 aliphatic heterocycles. The van der Waals surface area contributed by atoms with Gasteiger partial charge in [0.25, 0.3) is 0 Å². The molecule has 0 unspecified atom stereocenters. The molecule has 0 aromatic carbocycles. The molecule has 0 aromatic rings. The summed E-state index contributed by atoms with van der Waals surface area (Å²) >= 11 is 0.279. The monoisotopic (exact) mass is 220 g/mol. The Morgan fingerprint density at radius 1 is 1.00 bits per heavy atom. The van der Waals surface area contributed by atoms with Crippen LogP contribution in [0, 0.1) is 0 Å². The largest absolute Gasteiger partial charge is 0.649 e. The van der Waals surface area contributed by atoms with Gasteiger partial charge in [0.05, 0.1) is 0 Å². The molecule has 13 heavy (non-hydrogen) atoms. The van der Waals surface area contributed by atoms with Crippen molar-refractivity contribution in [2.75, 3.05) is 19.8 Å². The van der Waals surface area contributed by atoms with Crippen LogP contribution in [0.15, 0.2) is 0 Å². The lowest BCUT2D eigenvalue weighted by molar-refractivity contribution is 0.222. The molecule has 0 atom stereocenters. The van der Waals surface area contributed by atoms with E-state index in [1.807, 2.05) is 6.92 Å². The van der Waals surface area contributed by atoms with Gasteiger partial charge in [-0.15, -0.1) is 0 Å². The van der Waals surface area contributed by atoms with E-state index < -0.39 is 15.9 Å². The molecule has 0 N–H and O–H groups in total. The summed E-state index contributed by atoms with van der Waals surface area (Å²) in [7, 11) is 0. The van der Waals surface area contributed by atoms with Crippen LogP contribution in [-0.4, -0.2) is 52.3 Å². The van der Waals surface area contributed by atoms with E-state index in [0.717, 1.165) is 49.3 Å². The van der Waals surface area contributed by atoms with E-state index in [2.05, 4.69) is 17.6 Å². The Hall–Kier alpha value is 0.945. The topological polar surface area (TPSA) is 27.7 Å². The van der Waals surface area contributed by atoms with Gasteiger partial charge in [0.2, 0.25) is 0 Å². The fourth-order valence-electron chi connectivity index (χ4n) is 0.465. The Morgan fingerprint density at radius 3 is 1.62 bits per heavy atom. The number of hydrogen-bond acceptors (Lipinski definition) is 3. The van der Waals surface area contributed by atoms with E-state index in [9.17, 15) is 0 Å². The van der Waals surface area contributed by atoms with E-state index in [4.69, 9.17) is 7.58 Å². The zero-order chi connectivity index (χ0) is 10.4. The first kappa shape index (κ1) is 16.4. The molecule has 0 radical (unpaired) electrons. The molecular weight excluding hydrogens is 198 g/mol. The van der Waals surface area contributed by atoms with Gasteiger partial charge in [-0.05, 0) is 19.8 Å². The van der Waals surface area contributed by atoms with Crippen LogP contribution in [0.2, 0.25) is 0 Å². The van der Waals surface area contributed by atoms with Crippen molar-refractivity contribution >= 4 is 32.5 Å². The summed E-state index contributed by atoms with van der Waals surface area (Å²) in [5.41, 5.74) is 0. The van der Waals surface area contributed by atoms with Gasteiger partial charge in [-0.3, -0.25) is 0 Å². The highest BCUT2D eigenvalue weighted by Crippen LogP contribution is 1.81. The Bertz CT molecular complexity index is 66.4. The molecule has 0 saturated carbocycles. The van der Waals surface area contributed by atoms with Gasteiger partial charge < -0.3 is 11.4 Å². The Balaban J connectivity index is 0. The lowest BCUT2D eigenvalue weighted by atomic mass is 10.5. The number of rotatable bonds is 7. The molecule has 0 rings (SSSR count). The van der Waals surface area contributed by atoms with Gasteiger partial charge in [-0.2, -0.15) is 0 Å². The Labute approximate surface area is 97.3 Å². The Morgan fingerprint density at radius 2 is 1.38 bits per heavy atom. The molecule has 0 spiro atoms. The van der Waals surface area contributed by atoms with Crippen molar-refractivity contribution in [3.05, 3.63) is 0 Å². The van der Waals surface area contributed by atoms with Crippen molar-refractivity contribution in [3.63, 3.8) is 0 Å². The molecule has 0 amide bonds. The van der Waals surface area contributed by atoms with Crippen LogP contribution in [-0.2, 0) is 11.4 Å². The first-order valence-electron chi connectivity index (χ1n) is 4.97. The molecule has 0 bridgehead atoms. The zero-order valence-corrected chi connectivity index (χ0v) is 12.9. The summed E-state index contributed by atoms with van der Waals surface area (Å²) in [4.78, 5) is 0. The number of hydrogen-bond donors (Lipinski definition) is 0. The van der Waals surface area contributed by atoms with Crippen LogP contribution in [0.4, 0.5) is 0 Å². The second kappa shape index (κ2) is 18.7. The van der Waals surface area contributed by atoms with Gasteiger partial charge >= 0.3 is 32.5 Å². The van der Waals surface area contributed by atoms with E-state index >= 15 is 0 Å². The normalized spacial score (nSPS) is 8.85. The summed E-state index contributed by atoms with van der Waals surface area (Å²) in [6.45, 7) is 8.83. The molecule has 0 aliphatic carbocycles. The zero-order valence-electron chi connectivity index (χ0n) is 9.47. The van der Waals surface area contributed by atoms with E-state index in [1.54, 1.807) is 0 Å². The van der Waals surface area contributed by atoms with Crippen molar-refractivity contribution in [1.82, 2.24) is 0 Å². The van der Waals surface area contributed by atoms with Crippen LogP contribution in [0.25, 0.3) is 0 Å². The van der Waals surface area contributed by atoms with Crippen molar-refractivity contribution in [3.8, 4) is 0 Å². The van der Waals surface area contributed by atoms with E-state index in [1.165, 1.54) is 0 Å². The van der Waals surface area contributed by atoms with Crippen LogP contribution < -0.4 is 0 Å². The lowest BCUT2D eigenvalue weighted by Crippen LogP contribution is -2.05. The molecule has 0 aliphatic rings. The average Bonchev–Trinajstić information content (AvgIpc) is 2.18. The quantitative estimate of drug-likeness (QED) is 0.466. The summed E-state index contributed by atoms with van der Waals surface area (Å²) in [5, 5.41) is 0. The first-order valence-corrected chi connectivity index (χ1v) is 6.94. The minimum absolute atomic E-state index is 0.611. The fraction of sp³-hybridized carbons (Fsp3) is 1.00. The molecule has 5 heteroatoms. The van der Waals surface area contributed by atoms with E-state index in [0.29, 0.717) is 0 Å². The summed E-state index contributed by atoms with van der Waals surface area (Å²) in [6, 6.07) is 0. The minimum atomic E-state index is -0.611. The third-order valence-electron chi connectivity index (χ3n) is 1.15. The smallest absolute Gasteiger partial charge is 0.506 e. The van der Waals surface area contributed by atoms with Crippen LogP contribution in [0.5, 0.6) is 0 Å². The van der Waals surface area contributed by atoms with Gasteiger partial charge in [-0.25, -0.2) is 0 Å². The van der Waals surface area contributed by atoms with Gasteiger partial charge in [-0.1, -0.05) is 13.8 Å². The highest BCUT2D eigenvalue weighted by molar-refractivity contribution is 6.17. The molecule has 0 heterocycles. The standard InChI is InChI=1S/2C3H7O.C2H5O.2Al.3H/c2*1-2-3-4;1-2-3;;;;;/h2*2-3H2,1H3;2H2,1H3;;;;;/q3*-1;+1;+2;;;. The second-order valence-electron chi connectivity index (χ2n) is 2.51. The molecular formula is C8H22Al2O3. The lowest BCUT2D eigenvalue weighted by Gasteiger charge is -2.00.